The maximum absolute atomic E-state index is 12.8. The van der Waals surface area contributed by atoms with Gasteiger partial charge in [0.25, 0.3) is 0 Å². The van der Waals surface area contributed by atoms with Crippen molar-refractivity contribution >= 4 is 12.0 Å². The standard InChI is InChI=1S/C22H34N2O3/c1-3-17(2)20(21(25)23-19-14-10-5-4-6-11-15-19)24-22(26)27-16-18-12-8-7-9-13-18/h7-9,12-13,17,19-20H,3-6,10-11,14-16H2,1-2H3,(H,23,25)(H,24,26)/t17-,20+/m0/s1. The third-order valence-corrected chi connectivity index (χ3v) is 5.43. The highest BCUT2D eigenvalue weighted by Crippen LogP contribution is 2.18. The molecule has 2 rings (SSSR count). The lowest BCUT2D eigenvalue weighted by Gasteiger charge is -2.27. The van der Waals surface area contributed by atoms with Crippen LogP contribution in [0, 0.1) is 5.92 Å². The van der Waals surface area contributed by atoms with Gasteiger partial charge in [-0.15, -0.1) is 0 Å². The first-order valence-corrected chi connectivity index (χ1v) is 10.4. The molecule has 27 heavy (non-hydrogen) atoms. The number of hydrogen-bond acceptors (Lipinski definition) is 3. The van der Waals surface area contributed by atoms with E-state index in [2.05, 4.69) is 10.6 Å². The van der Waals surface area contributed by atoms with Crippen molar-refractivity contribution in [3.63, 3.8) is 0 Å². The summed E-state index contributed by atoms with van der Waals surface area (Å²) >= 11 is 0. The van der Waals surface area contributed by atoms with Crippen LogP contribution in [-0.2, 0) is 16.1 Å². The average Bonchev–Trinajstić information content (AvgIpc) is 2.66. The summed E-state index contributed by atoms with van der Waals surface area (Å²) in [4.78, 5) is 25.1. The summed E-state index contributed by atoms with van der Waals surface area (Å²) in [6.07, 6.45) is 8.41. The molecule has 2 atom stereocenters. The van der Waals surface area contributed by atoms with Gasteiger partial charge in [0.2, 0.25) is 5.91 Å². The van der Waals surface area contributed by atoms with Crippen molar-refractivity contribution in [2.75, 3.05) is 0 Å². The second kappa shape index (κ2) is 11.6. The molecule has 1 aromatic rings. The molecule has 1 aliphatic rings. The van der Waals surface area contributed by atoms with Gasteiger partial charge < -0.3 is 15.4 Å². The van der Waals surface area contributed by atoms with Gasteiger partial charge in [-0.3, -0.25) is 4.79 Å². The van der Waals surface area contributed by atoms with Gasteiger partial charge in [0.05, 0.1) is 0 Å². The lowest BCUT2D eigenvalue weighted by atomic mass is 9.94. The van der Waals surface area contributed by atoms with Crippen LogP contribution in [0.2, 0.25) is 0 Å². The molecule has 1 saturated carbocycles. The van der Waals surface area contributed by atoms with Gasteiger partial charge in [-0.05, 0) is 24.3 Å². The van der Waals surface area contributed by atoms with Gasteiger partial charge in [-0.1, -0.05) is 82.7 Å². The Labute approximate surface area is 163 Å². The maximum atomic E-state index is 12.8. The molecular weight excluding hydrogens is 340 g/mol. The fourth-order valence-corrected chi connectivity index (χ4v) is 3.49. The summed E-state index contributed by atoms with van der Waals surface area (Å²) in [7, 11) is 0. The lowest BCUT2D eigenvalue weighted by molar-refractivity contribution is -0.125. The molecule has 1 aliphatic carbocycles. The van der Waals surface area contributed by atoms with Crippen molar-refractivity contribution in [3.05, 3.63) is 35.9 Å². The summed E-state index contributed by atoms with van der Waals surface area (Å²) in [5.41, 5.74) is 0.923. The van der Waals surface area contributed by atoms with E-state index in [4.69, 9.17) is 4.74 Å². The van der Waals surface area contributed by atoms with Crippen molar-refractivity contribution in [3.8, 4) is 0 Å². The van der Waals surface area contributed by atoms with Crippen molar-refractivity contribution in [1.82, 2.24) is 10.6 Å². The summed E-state index contributed by atoms with van der Waals surface area (Å²) in [6, 6.07) is 9.18. The molecule has 0 heterocycles. The molecule has 0 radical (unpaired) electrons. The number of amides is 2. The third-order valence-electron chi connectivity index (χ3n) is 5.43. The van der Waals surface area contributed by atoms with Gasteiger partial charge in [0.15, 0.2) is 0 Å². The van der Waals surface area contributed by atoms with Crippen LogP contribution in [0.1, 0.15) is 70.8 Å². The Morgan fingerprint density at radius 2 is 1.70 bits per heavy atom. The minimum atomic E-state index is -0.566. The zero-order chi connectivity index (χ0) is 19.5. The van der Waals surface area contributed by atoms with E-state index in [9.17, 15) is 9.59 Å². The van der Waals surface area contributed by atoms with E-state index in [0.717, 1.165) is 37.7 Å². The molecule has 0 aliphatic heterocycles. The second-order valence-corrected chi connectivity index (χ2v) is 7.62. The number of hydrogen-bond donors (Lipinski definition) is 2. The van der Waals surface area contributed by atoms with Gasteiger partial charge >= 0.3 is 6.09 Å². The van der Waals surface area contributed by atoms with Gasteiger partial charge in [-0.25, -0.2) is 4.79 Å². The van der Waals surface area contributed by atoms with E-state index < -0.39 is 12.1 Å². The van der Waals surface area contributed by atoms with E-state index in [-0.39, 0.29) is 24.5 Å². The number of carbonyl (C=O) groups is 2. The molecule has 0 bridgehead atoms. The first-order chi connectivity index (χ1) is 13.1. The van der Waals surface area contributed by atoms with Crippen LogP contribution in [0.15, 0.2) is 30.3 Å². The van der Waals surface area contributed by atoms with Crippen LogP contribution >= 0.6 is 0 Å². The number of ether oxygens (including phenoxy) is 1. The molecule has 2 N–H and O–H groups in total. The van der Waals surface area contributed by atoms with Crippen LogP contribution in [0.25, 0.3) is 0 Å². The Bertz CT molecular complexity index is 568. The molecule has 150 valence electrons. The number of carbonyl (C=O) groups excluding carboxylic acids is 2. The Morgan fingerprint density at radius 1 is 1.07 bits per heavy atom. The highest BCUT2D eigenvalue weighted by Gasteiger charge is 2.28. The van der Waals surface area contributed by atoms with Crippen LogP contribution in [-0.4, -0.2) is 24.1 Å². The number of rotatable bonds is 7. The SMILES string of the molecule is CC[C@H](C)[C@@H](NC(=O)OCc1ccccc1)C(=O)NC1CCCCCCC1. The lowest BCUT2D eigenvalue weighted by Crippen LogP contribution is -2.52. The Balaban J connectivity index is 1.88. The third kappa shape index (κ3) is 7.61. The first-order valence-electron chi connectivity index (χ1n) is 10.4. The Morgan fingerprint density at radius 3 is 2.33 bits per heavy atom. The fraction of sp³-hybridized carbons (Fsp3) is 0.636. The quantitative estimate of drug-likeness (QED) is 0.735. The molecule has 5 nitrogen and oxygen atoms in total. The van der Waals surface area contributed by atoms with Crippen LogP contribution in [0.5, 0.6) is 0 Å². The fourth-order valence-electron chi connectivity index (χ4n) is 3.49. The number of alkyl carbamates (subject to hydrolysis) is 1. The monoisotopic (exact) mass is 374 g/mol. The molecule has 5 heteroatoms. The molecule has 0 saturated heterocycles. The topological polar surface area (TPSA) is 67.4 Å². The average molecular weight is 375 g/mol. The molecule has 0 spiro atoms. The predicted octanol–water partition coefficient (Wildman–Crippen LogP) is 4.56. The van der Waals surface area contributed by atoms with Crippen LogP contribution < -0.4 is 10.6 Å². The van der Waals surface area contributed by atoms with Crippen LogP contribution in [0.4, 0.5) is 4.79 Å². The zero-order valence-corrected chi connectivity index (χ0v) is 16.7. The van der Waals surface area contributed by atoms with E-state index >= 15 is 0 Å². The van der Waals surface area contributed by atoms with Crippen molar-refractivity contribution in [2.24, 2.45) is 5.92 Å². The molecule has 0 unspecified atom stereocenters. The largest absolute Gasteiger partial charge is 0.445 e. The maximum Gasteiger partial charge on any atom is 0.408 e. The molecule has 1 fully saturated rings. The van der Waals surface area contributed by atoms with Crippen molar-refractivity contribution < 1.29 is 14.3 Å². The van der Waals surface area contributed by atoms with E-state index in [1.54, 1.807) is 0 Å². The smallest absolute Gasteiger partial charge is 0.408 e. The summed E-state index contributed by atoms with van der Waals surface area (Å²) in [5.74, 6) is -0.0468. The van der Waals surface area contributed by atoms with Crippen LogP contribution in [0.3, 0.4) is 0 Å². The van der Waals surface area contributed by atoms with Gasteiger partial charge in [0.1, 0.15) is 12.6 Å². The zero-order valence-electron chi connectivity index (χ0n) is 16.7. The minimum Gasteiger partial charge on any atom is -0.445 e. The minimum absolute atomic E-state index is 0.0443. The Hall–Kier alpha value is -2.04. The van der Waals surface area contributed by atoms with E-state index in [1.165, 1.54) is 19.3 Å². The second-order valence-electron chi connectivity index (χ2n) is 7.62. The molecule has 2 amide bonds. The first kappa shape index (κ1) is 21.3. The van der Waals surface area contributed by atoms with Crippen molar-refractivity contribution in [1.29, 1.82) is 0 Å². The molecule has 0 aromatic heterocycles. The molecule has 1 aromatic carbocycles. The molecular formula is C22H34N2O3. The highest BCUT2D eigenvalue weighted by atomic mass is 16.5. The summed E-state index contributed by atoms with van der Waals surface area (Å²) in [6.45, 7) is 4.21. The van der Waals surface area contributed by atoms with Crippen molar-refractivity contribution in [2.45, 2.75) is 83.9 Å². The van der Waals surface area contributed by atoms with E-state index in [1.807, 2.05) is 44.2 Å². The van der Waals surface area contributed by atoms with E-state index in [0.29, 0.717) is 0 Å². The number of benzene rings is 1. The summed E-state index contributed by atoms with van der Waals surface area (Å²) < 4.78 is 5.30. The normalized spacial score (nSPS) is 17.9. The predicted molar refractivity (Wildman–Crippen MR) is 107 cm³/mol. The Kier molecular flexibility index (Phi) is 9.16. The van der Waals surface area contributed by atoms with Gasteiger partial charge in [-0.2, -0.15) is 0 Å². The highest BCUT2D eigenvalue weighted by molar-refractivity contribution is 5.86. The summed E-state index contributed by atoms with van der Waals surface area (Å²) in [5, 5.41) is 5.95. The number of nitrogens with one attached hydrogen (secondary N) is 2. The van der Waals surface area contributed by atoms with Gasteiger partial charge in [0, 0.05) is 6.04 Å².